The van der Waals surface area contributed by atoms with Gasteiger partial charge in [-0.05, 0) is 31.8 Å². The first kappa shape index (κ1) is 15.1. The van der Waals surface area contributed by atoms with E-state index in [0.717, 1.165) is 0 Å². The van der Waals surface area contributed by atoms with Gasteiger partial charge in [-0.15, -0.1) is 0 Å². The van der Waals surface area contributed by atoms with Crippen molar-refractivity contribution in [2.75, 3.05) is 25.1 Å². The monoisotopic (exact) mass is 276 g/mol. The number of nitrogens with zero attached hydrogens (tertiary/aromatic N) is 1. The third-order valence-corrected chi connectivity index (χ3v) is 3.59. The third kappa shape index (κ3) is 4.38. The second-order valence-electron chi connectivity index (χ2n) is 4.79. The summed E-state index contributed by atoms with van der Waals surface area (Å²) in [5, 5.41) is 21.3. The zero-order chi connectivity index (χ0) is 13.8. The summed E-state index contributed by atoms with van der Waals surface area (Å²) in [6.45, 7) is 2.37. The van der Waals surface area contributed by atoms with E-state index in [0.29, 0.717) is 25.1 Å². The minimum absolute atomic E-state index is 0.244. The van der Waals surface area contributed by atoms with E-state index in [1.807, 2.05) is 6.26 Å². The highest BCUT2D eigenvalue weighted by molar-refractivity contribution is 7.98. The van der Waals surface area contributed by atoms with Crippen molar-refractivity contribution in [1.29, 1.82) is 0 Å². The van der Waals surface area contributed by atoms with Crippen molar-refractivity contribution in [3.05, 3.63) is 0 Å². The second-order valence-corrected chi connectivity index (χ2v) is 5.78. The van der Waals surface area contributed by atoms with Crippen LogP contribution in [-0.2, 0) is 4.79 Å². The molecule has 104 valence electrons. The Bertz CT molecular complexity index is 322. The number of rotatable bonds is 5. The number of aliphatic carboxylic acids is 1. The second kappa shape index (κ2) is 6.29. The van der Waals surface area contributed by atoms with Crippen molar-refractivity contribution in [2.45, 2.75) is 31.4 Å². The molecule has 1 aliphatic rings. The minimum atomic E-state index is -1.02. The van der Waals surface area contributed by atoms with Crippen molar-refractivity contribution in [3.8, 4) is 0 Å². The number of hydrogen-bond donors (Lipinski definition) is 3. The largest absolute Gasteiger partial charge is 0.480 e. The van der Waals surface area contributed by atoms with Gasteiger partial charge in [0.15, 0.2) is 0 Å². The Kier molecular flexibility index (Phi) is 5.28. The Morgan fingerprint density at radius 3 is 2.67 bits per heavy atom. The molecule has 6 nitrogen and oxygen atoms in total. The van der Waals surface area contributed by atoms with Gasteiger partial charge in [0.25, 0.3) is 0 Å². The number of likely N-dealkylation sites (tertiary alicyclic amines) is 1. The van der Waals surface area contributed by atoms with Crippen LogP contribution >= 0.6 is 11.8 Å². The predicted molar refractivity (Wildman–Crippen MR) is 69.8 cm³/mol. The number of aliphatic hydroxyl groups is 1. The highest BCUT2D eigenvalue weighted by atomic mass is 32.2. The lowest BCUT2D eigenvalue weighted by atomic mass is 10.1. The standard InChI is InChI=1S/C11H20N2O4S/c1-11(17)4-5-13(7-11)10(16)12-8(9(14)15)3-6-18-2/h8,17H,3-7H2,1-2H3,(H,12,16)(H,14,15)/t8-,11?/m0/s1. The van der Waals surface area contributed by atoms with Crippen LogP contribution in [0, 0.1) is 0 Å². The van der Waals surface area contributed by atoms with E-state index in [9.17, 15) is 14.7 Å². The predicted octanol–water partition coefficient (Wildman–Crippen LogP) is 0.359. The molecule has 18 heavy (non-hydrogen) atoms. The van der Waals surface area contributed by atoms with Crippen molar-refractivity contribution in [2.24, 2.45) is 0 Å². The molecule has 0 aromatic carbocycles. The molecule has 0 radical (unpaired) electrons. The van der Waals surface area contributed by atoms with Gasteiger partial charge < -0.3 is 20.4 Å². The van der Waals surface area contributed by atoms with Crippen molar-refractivity contribution < 1.29 is 19.8 Å². The van der Waals surface area contributed by atoms with E-state index < -0.39 is 23.6 Å². The molecule has 0 aromatic rings. The summed E-state index contributed by atoms with van der Waals surface area (Å²) in [5.74, 6) is -0.349. The molecule has 0 spiro atoms. The van der Waals surface area contributed by atoms with Crippen LogP contribution in [0.25, 0.3) is 0 Å². The summed E-state index contributed by atoms with van der Waals surface area (Å²) in [4.78, 5) is 24.3. The van der Waals surface area contributed by atoms with E-state index in [4.69, 9.17) is 5.11 Å². The Balaban J connectivity index is 2.49. The lowest BCUT2D eigenvalue weighted by molar-refractivity contribution is -0.139. The molecule has 0 aliphatic carbocycles. The van der Waals surface area contributed by atoms with Gasteiger partial charge in [-0.1, -0.05) is 0 Å². The van der Waals surface area contributed by atoms with Gasteiger partial charge in [0.05, 0.1) is 12.1 Å². The zero-order valence-electron chi connectivity index (χ0n) is 10.7. The summed E-state index contributed by atoms with van der Waals surface area (Å²) in [7, 11) is 0. The van der Waals surface area contributed by atoms with Gasteiger partial charge in [-0.2, -0.15) is 11.8 Å². The number of carboxylic acids is 1. The molecule has 1 rings (SSSR count). The maximum absolute atomic E-state index is 11.8. The molecule has 1 fully saturated rings. The van der Waals surface area contributed by atoms with Gasteiger partial charge in [0.2, 0.25) is 0 Å². The van der Waals surface area contributed by atoms with E-state index in [1.54, 1.807) is 6.92 Å². The molecule has 2 atom stereocenters. The van der Waals surface area contributed by atoms with E-state index in [-0.39, 0.29) is 6.54 Å². The van der Waals surface area contributed by atoms with Crippen LogP contribution in [0.5, 0.6) is 0 Å². The summed E-state index contributed by atoms with van der Waals surface area (Å²) in [5.41, 5.74) is -0.866. The smallest absolute Gasteiger partial charge is 0.326 e. The van der Waals surface area contributed by atoms with E-state index >= 15 is 0 Å². The third-order valence-electron chi connectivity index (χ3n) is 2.95. The molecular weight excluding hydrogens is 256 g/mol. The van der Waals surface area contributed by atoms with E-state index in [2.05, 4.69) is 5.32 Å². The Morgan fingerprint density at radius 2 is 2.22 bits per heavy atom. The number of β-amino-alcohol motifs (C(OH)–C–C–N with tert-alkyl or cyclic N) is 1. The molecule has 1 aliphatic heterocycles. The topological polar surface area (TPSA) is 89.9 Å². The van der Waals surface area contributed by atoms with Gasteiger partial charge in [0, 0.05) is 6.54 Å². The molecule has 0 aromatic heterocycles. The lowest BCUT2D eigenvalue weighted by Gasteiger charge is -2.22. The number of carboxylic acid groups (broad SMARTS) is 1. The molecule has 0 bridgehead atoms. The number of hydrogen-bond acceptors (Lipinski definition) is 4. The average Bonchev–Trinajstić information content (AvgIpc) is 2.64. The normalized spacial score (nSPS) is 24.9. The maximum Gasteiger partial charge on any atom is 0.326 e. The van der Waals surface area contributed by atoms with Crippen molar-refractivity contribution >= 4 is 23.8 Å². The quantitative estimate of drug-likeness (QED) is 0.674. The number of urea groups is 1. The summed E-state index contributed by atoms with van der Waals surface area (Å²) in [6, 6.07) is -1.28. The maximum atomic E-state index is 11.8. The summed E-state index contributed by atoms with van der Waals surface area (Å²) < 4.78 is 0. The van der Waals surface area contributed by atoms with Crippen LogP contribution in [0.3, 0.4) is 0 Å². The Labute approximate surface area is 111 Å². The van der Waals surface area contributed by atoms with Crippen LogP contribution in [-0.4, -0.2) is 63.9 Å². The van der Waals surface area contributed by atoms with Gasteiger partial charge >= 0.3 is 12.0 Å². The average molecular weight is 276 g/mol. The molecular formula is C11H20N2O4S. The molecule has 1 saturated heterocycles. The van der Waals surface area contributed by atoms with Gasteiger partial charge in [0.1, 0.15) is 6.04 Å². The molecule has 1 unspecified atom stereocenters. The van der Waals surface area contributed by atoms with E-state index in [1.165, 1.54) is 16.7 Å². The van der Waals surface area contributed by atoms with Crippen LogP contribution in [0.2, 0.25) is 0 Å². The van der Waals surface area contributed by atoms with Crippen LogP contribution in [0.15, 0.2) is 0 Å². The fourth-order valence-corrected chi connectivity index (χ4v) is 2.32. The van der Waals surface area contributed by atoms with Gasteiger partial charge in [-0.25, -0.2) is 9.59 Å². The SMILES string of the molecule is CSCC[C@H](NC(=O)N1CCC(C)(O)C1)C(=O)O. The first-order chi connectivity index (χ1) is 8.35. The zero-order valence-corrected chi connectivity index (χ0v) is 11.5. The van der Waals surface area contributed by atoms with Crippen LogP contribution in [0.4, 0.5) is 4.79 Å². The molecule has 2 amide bonds. The summed E-state index contributed by atoms with van der Waals surface area (Å²) >= 11 is 1.54. The van der Waals surface area contributed by atoms with Crippen LogP contribution in [0.1, 0.15) is 19.8 Å². The fraction of sp³-hybridized carbons (Fsp3) is 0.818. The molecule has 0 saturated carbocycles. The number of nitrogens with one attached hydrogen (secondary N) is 1. The Hall–Kier alpha value is -0.950. The molecule has 1 heterocycles. The number of amides is 2. The Morgan fingerprint density at radius 1 is 1.56 bits per heavy atom. The summed E-state index contributed by atoms with van der Waals surface area (Å²) in [6.07, 6.45) is 2.80. The number of carbonyl (C=O) groups excluding carboxylic acids is 1. The number of carbonyl (C=O) groups is 2. The van der Waals surface area contributed by atoms with Crippen LogP contribution < -0.4 is 5.32 Å². The van der Waals surface area contributed by atoms with Crippen molar-refractivity contribution in [1.82, 2.24) is 10.2 Å². The van der Waals surface area contributed by atoms with Gasteiger partial charge in [-0.3, -0.25) is 0 Å². The molecule has 7 heteroatoms. The highest BCUT2D eigenvalue weighted by Gasteiger charge is 2.35. The first-order valence-electron chi connectivity index (χ1n) is 5.85. The minimum Gasteiger partial charge on any atom is -0.480 e. The van der Waals surface area contributed by atoms with Crippen molar-refractivity contribution in [3.63, 3.8) is 0 Å². The molecule has 3 N–H and O–H groups in total. The number of thioether (sulfide) groups is 1. The highest BCUT2D eigenvalue weighted by Crippen LogP contribution is 2.20. The lowest BCUT2D eigenvalue weighted by Crippen LogP contribution is -2.48. The first-order valence-corrected chi connectivity index (χ1v) is 7.24. The fourth-order valence-electron chi connectivity index (χ4n) is 1.85.